The van der Waals surface area contributed by atoms with Crippen molar-refractivity contribution >= 4 is 46.3 Å². The summed E-state index contributed by atoms with van der Waals surface area (Å²) in [4.78, 5) is 35.1. The van der Waals surface area contributed by atoms with Crippen LogP contribution in [-0.2, 0) is 9.59 Å². The fourth-order valence-electron chi connectivity index (χ4n) is 2.15. The summed E-state index contributed by atoms with van der Waals surface area (Å²) in [5.41, 5.74) is 6.45. The lowest BCUT2D eigenvalue weighted by Gasteiger charge is -2.10. The molecule has 1 unspecified atom stereocenters. The molecule has 0 aliphatic carbocycles. The van der Waals surface area contributed by atoms with Crippen molar-refractivity contribution in [2.24, 2.45) is 5.73 Å². The summed E-state index contributed by atoms with van der Waals surface area (Å²) in [6, 6.07) is 10.5. The van der Waals surface area contributed by atoms with Gasteiger partial charge in [0.2, 0.25) is 5.12 Å². The molecule has 0 saturated heterocycles. The molecule has 1 atom stereocenters. The molecule has 0 bridgehead atoms. The van der Waals surface area contributed by atoms with Gasteiger partial charge in [-0.15, -0.1) is 13.2 Å². The molecule has 0 aliphatic heterocycles. The van der Waals surface area contributed by atoms with Crippen molar-refractivity contribution in [2.45, 2.75) is 23.7 Å². The Morgan fingerprint density at radius 3 is 2.23 bits per heavy atom. The van der Waals surface area contributed by atoms with Crippen LogP contribution in [0.1, 0.15) is 16.8 Å². The van der Waals surface area contributed by atoms with E-state index in [4.69, 9.17) is 10.8 Å². The van der Waals surface area contributed by atoms with E-state index in [2.05, 4.69) is 9.46 Å². The zero-order valence-electron chi connectivity index (χ0n) is 15.7. The van der Waals surface area contributed by atoms with Gasteiger partial charge in [0.15, 0.2) is 5.78 Å². The molecule has 0 radical (unpaired) electrons. The van der Waals surface area contributed by atoms with Gasteiger partial charge in [0.25, 0.3) is 0 Å². The molecule has 0 spiro atoms. The second-order valence-electron chi connectivity index (χ2n) is 6.04. The van der Waals surface area contributed by atoms with E-state index >= 15 is 0 Å². The Labute approximate surface area is 183 Å². The number of halogens is 3. The van der Waals surface area contributed by atoms with Crippen molar-refractivity contribution in [1.82, 2.24) is 0 Å². The molecule has 0 heterocycles. The minimum absolute atomic E-state index is 0.167. The van der Waals surface area contributed by atoms with E-state index < -0.39 is 29.9 Å². The third kappa shape index (κ3) is 8.90. The molecule has 166 valence electrons. The Morgan fingerprint density at radius 2 is 1.68 bits per heavy atom. The van der Waals surface area contributed by atoms with Crippen LogP contribution in [0.5, 0.6) is 5.75 Å². The minimum Gasteiger partial charge on any atom is -0.481 e. The van der Waals surface area contributed by atoms with Crippen LogP contribution >= 0.6 is 23.7 Å². The molecule has 0 fully saturated rings. The van der Waals surface area contributed by atoms with Crippen LogP contribution in [0, 0.1) is 0 Å². The molecule has 2 aromatic rings. The molecular formula is C19H17F3N2O5S2. The van der Waals surface area contributed by atoms with Crippen LogP contribution in [0.25, 0.3) is 0 Å². The number of hydrogen-bond acceptors (Lipinski definition) is 8. The quantitative estimate of drug-likeness (QED) is 0.347. The Kier molecular flexibility index (Phi) is 8.77. The number of carboxylic acid groups (broad SMARTS) is 1. The van der Waals surface area contributed by atoms with Crippen molar-refractivity contribution in [2.75, 3.05) is 10.5 Å². The number of Topliss-reactive ketones (excluding diaryl/α,β-unsaturated/α-hetero) is 1. The standard InChI is InChI=1S/C19H17F3N2O5S2/c20-19(21,22)29-13-5-7-14(8-6-13)31-24-12-3-1-11(2-4-12)16(25)10-30-18(28)15(23)9-17(26)27/h1-8,15,24H,9-10,23H2,(H,26,27). The number of alkyl halides is 3. The number of carbonyl (C=O) groups excluding carboxylic acids is 2. The zero-order valence-corrected chi connectivity index (χ0v) is 17.4. The fraction of sp³-hybridized carbons (Fsp3) is 0.211. The van der Waals surface area contributed by atoms with Crippen LogP contribution in [0.15, 0.2) is 53.4 Å². The minimum atomic E-state index is -4.75. The van der Waals surface area contributed by atoms with Crippen molar-refractivity contribution in [3.63, 3.8) is 0 Å². The van der Waals surface area contributed by atoms with Gasteiger partial charge in [-0.2, -0.15) is 0 Å². The lowest BCUT2D eigenvalue weighted by atomic mass is 10.1. The number of nitrogens with one attached hydrogen (secondary N) is 1. The summed E-state index contributed by atoms with van der Waals surface area (Å²) in [6.07, 6.45) is -5.25. The van der Waals surface area contributed by atoms with Crippen molar-refractivity contribution in [3.05, 3.63) is 54.1 Å². The summed E-state index contributed by atoms with van der Waals surface area (Å²) in [5.74, 6) is -2.00. The Morgan fingerprint density at radius 1 is 1.06 bits per heavy atom. The van der Waals surface area contributed by atoms with Crippen LogP contribution in [0.3, 0.4) is 0 Å². The topological polar surface area (TPSA) is 119 Å². The lowest BCUT2D eigenvalue weighted by molar-refractivity contribution is -0.274. The van der Waals surface area contributed by atoms with E-state index in [-0.39, 0.29) is 17.3 Å². The van der Waals surface area contributed by atoms with Gasteiger partial charge in [-0.05, 0) is 60.5 Å². The van der Waals surface area contributed by atoms with Gasteiger partial charge in [-0.25, -0.2) is 0 Å². The van der Waals surface area contributed by atoms with Gasteiger partial charge < -0.3 is 20.3 Å². The number of ether oxygens (including phenoxy) is 1. The van der Waals surface area contributed by atoms with Crippen LogP contribution in [0.4, 0.5) is 18.9 Å². The monoisotopic (exact) mass is 474 g/mol. The van der Waals surface area contributed by atoms with E-state index in [0.717, 1.165) is 11.9 Å². The van der Waals surface area contributed by atoms with Gasteiger partial charge in [0, 0.05) is 16.1 Å². The number of aliphatic carboxylic acids is 1. The summed E-state index contributed by atoms with van der Waals surface area (Å²) in [6.45, 7) is 0. The fourth-order valence-corrected chi connectivity index (χ4v) is 3.53. The molecule has 0 amide bonds. The second kappa shape index (κ2) is 11.1. The number of rotatable bonds is 10. The first-order valence-electron chi connectivity index (χ1n) is 8.59. The zero-order chi connectivity index (χ0) is 23.0. The van der Waals surface area contributed by atoms with Gasteiger partial charge in [-0.1, -0.05) is 11.8 Å². The average Bonchev–Trinajstić information content (AvgIpc) is 2.70. The van der Waals surface area contributed by atoms with E-state index in [9.17, 15) is 27.6 Å². The lowest BCUT2D eigenvalue weighted by Crippen LogP contribution is -2.31. The third-order valence-corrected chi connectivity index (χ3v) is 5.43. The normalized spacial score (nSPS) is 12.1. The molecule has 0 aromatic heterocycles. The molecule has 0 aliphatic rings. The van der Waals surface area contributed by atoms with Crippen LogP contribution in [0.2, 0.25) is 0 Å². The third-order valence-electron chi connectivity index (χ3n) is 3.59. The number of hydrogen-bond donors (Lipinski definition) is 3. The summed E-state index contributed by atoms with van der Waals surface area (Å²) >= 11 is 1.82. The molecule has 0 saturated carbocycles. The summed E-state index contributed by atoms with van der Waals surface area (Å²) in [5, 5.41) is 8.05. The van der Waals surface area contributed by atoms with Crippen LogP contribution < -0.4 is 15.2 Å². The van der Waals surface area contributed by atoms with Crippen LogP contribution in [-0.4, -0.2) is 40.1 Å². The number of thioether (sulfide) groups is 1. The van der Waals surface area contributed by atoms with Gasteiger partial charge >= 0.3 is 12.3 Å². The average molecular weight is 474 g/mol. The van der Waals surface area contributed by atoms with Crippen molar-refractivity contribution in [1.29, 1.82) is 0 Å². The summed E-state index contributed by atoms with van der Waals surface area (Å²) in [7, 11) is 0. The number of nitrogens with two attached hydrogens (primary N) is 1. The maximum atomic E-state index is 12.2. The Balaban J connectivity index is 1.83. The van der Waals surface area contributed by atoms with E-state index in [1.54, 1.807) is 24.3 Å². The van der Waals surface area contributed by atoms with Crippen molar-refractivity contribution < 1.29 is 37.4 Å². The molecule has 12 heteroatoms. The highest BCUT2D eigenvalue weighted by atomic mass is 32.2. The van der Waals surface area contributed by atoms with E-state index in [0.29, 0.717) is 27.9 Å². The molecule has 31 heavy (non-hydrogen) atoms. The maximum Gasteiger partial charge on any atom is 0.573 e. The first-order valence-corrected chi connectivity index (χ1v) is 10.4. The molecule has 4 N–H and O–H groups in total. The molecule has 2 aromatic carbocycles. The van der Waals surface area contributed by atoms with Gasteiger partial charge in [0.1, 0.15) is 5.75 Å². The molecular weight excluding hydrogens is 457 g/mol. The van der Waals surface area contributed by atoms with Gasteiger partial charge in [0.05, 0.1) is 18.2 Å². The predicted molar refractivity (Wildman–Crippen MR) is 111 cm³/mol. The maximum absolute atomic E-state index is 12.2. The highest BCUT2D eigenvalue weighted by molar-refractivity contribution is 8.14. The highest BCUT2D eigenvalue weighted by Gasteiger charge is 2.30. The van der Waals surface area contributed by atoms with Crippen molar-refractivity contribution in [3.8, 4) is 5.75 Å². The number of anilines is 1. The smallest absolute Gasteiger partial charge is 0.481 e. The number of ketones is 1. The predicted octanol–water partition coefficient (Wildman–Crippen LogP) is 3.95. The summed E-state index contributed by atoms with van der Waals surface area (Å²) < 4.78 is 43.3. The Bertz CT molecular complexity index is 922. The number of carboxylic acids is 1. The largest absolute Gasteiger partial charge is 0.573 e. The van der Waals surface area contributed by atoms with Gasteiger partial charge in [-0.3, -0.25) is 14.4 Å². The first-order chi connectivity index (χ1) is 14.5. The number of benzene rings is 2. The molecule has 2 rings (SSSR count). The molecule has 7 nitrogen and oxygen atoms in total. The highest BCUT2D eigenvalue weighted by Crippen LogP contribution is 2.27. The Hall–Kier alpha value is -2.70. The number of carbonyl (C=O) groups is 3. The van der Waals surface area contributed by atoms with E-state index in [1.807, 2.05) is 0 Å². The second-order valence-corrected chi connectivity index (χ2v) is 7.90. The van der Waals surface area contributed by atoms with E-state index in [1.165, 1.54) is 24.3 Å². The first kappa shape index (κ1) is 24.6. The SMILES string of the molecule is NC(CC(=O)O)C(=O)SCC(=O)c1ccc(NSc2ccc(OC(F)(F)F)cc2)cc1.